The van der Waals surface area contributed by atoms with Gasteiger partial charge in [0.2, 0.25) is 17.7 Å². The summed E-state index contributed by atoms with van der Waals surface area (Å²) in [7, 11) is 3.19. The number of benzene rings is 2. The third-order valence-electron chi connectivity index (χ3n) is 3.72. The molecule has 0 unspecified atom stereocenters. The fourth-order valence-corrected chi connectivity index (χ4v) is 2.35. The van der Waals surface area contributed by atoms with E-state index in [1.165, 1.54) is 0 Å². The summed E-state index contributed by atoms with van der Waals surface area (Å²) in [6.07, 6.45) is 0.598. The summed E-state index contributed by atoms with van der Waals surface area (Å²) in [4.78, 5) is 12.1. The van der Waals surface area contributed by atoms with Crippen LogP contribution in [0.4, 0.5) is 5.69 Å². The first-order valence-electron chi connectivity index (χ1n) is 8.08. The molecular weight excluding hydrogens is 334 g/mol. The monoisotopic (exact) mass is 353 g/mol. The van der Waals surface area contributed by atoms with E-state index in [-0.39, 0.29) is 12.3 Å². The van der Waals surface area contributed by atoms with E-state index in [9.17, 15) is 4.79 Å². The molecule has 3 aromatic rings. The molecule has 3 rings (SSSR count). The number of rotatable bonds is 7. The van der Waals surface area contributed by atoms with Crippen molar-refractivity contribution in [2.75, 3.05) is 19.5 Å². The minimum absolute atomic E-state index is 0.137. The van der Waals surface area contributed by atoms with Crippen LogP contribution in [0.3, 0.4) is 0 Å². The van der Waals surface area contributed by atoms with Crippen LogP contribution in [-0.4, -0.2) is 30.3 Å². The Morgan fingerprint density at radius 2 is 1.81 bits per heavy atom. The topological polar surface area (TPSA) is 86.5 Å². The van der Waals surface area contributed by atoms with Crippen LogP contribution in [0.2, 0.25) is 0 Å². The zero-order valence-electron chi connectivity index (χ0n) is 14.6. The van der Waals surface area contributed by atoms with Crippen molar-refractivity contribution < 1.29 is 18.7 Å². The number of amides is 1. The number of carbonyl (C=O) groups is 1. The Hall–Kier alpha value is -3.35. The van der Waals surface area contributed by atoms with Gasteiger partial charge in [0, 0.05) is 30.2 Å². The fourth-order valence-electron chi connectivity index (χ4n) is 2.35. The first kappa shape index (κ1) is 17.5. The number of nitrogens with one attached hydrogen (secondary N) is 1. The summed E-state index contributed by atoms with van der Waals surface area (Å²) in [5.74, 6) is 2.13. The predicted octanol–water partition coefficient (Wildman–Crippen LogP) is 3.33. The van der Waals surface area contributed by atoms with E-state index in [2.05, 4.69) is 15.5 Å². The van der Waals surface area contributed by atoms with Gasteiger partial charge in [-0.1, -0.05) is 6.07 Å². The summed E-state index contributed by atoms with van der Waals surface area (Å²) in [6.45, 7) is 0. The molecule has 0 spiro atoms. The van der Waals surface area contributed by atoms with Crippen LogP contribution >= 0.6 is 0 Å². The Balaban J connectivity index is 1.56. The quantitative estimate of drug-likeness (QED) is 0.701. The van der Waals surface area contributed by atoms with Gasteiger partial charge in [-0.25, -0.2) is 0 Å². The largest absolute Gasteiger partial charge is 0.497 e. The van der Waals surface area contributed by atoms with Crippen molar-refractivity contribution in [1.29, 1.82) is 0 Å². The summed E-state index contributed by atoms with van der Waals surface area (Å²) < 4.78 is 15.9. The molecule has 7 heteroatoms. The smallest absolute Gasteiger partial charge is 0.247 e. The molecule has 0 aliphatic heterocycles. The van der Waals surface area contributed by atoms with Crippen LogP contribution in [-0.2, 0) is 11.2 Å². The average molecular weight is 353 g/mol. The Labute approximate surface area is 151 Å². The average Bonchev–Trinajstić information content (AvgIpc) is 3.15. The maximum Gasteiger partial charge on any atom is 0.247 e. The third-order valence-corrected chi connectivity index (χ3v) is 3.72. The third kappa shape index (κ3) is 4.38. The molecule has 0 atom stereocenters. The zero-order chi connectivity index (χ0) is 18.4. The molecule has 0 saturated heterocycles. The Morgan fingerprint density at radius 1 is 1.04 bits per heavy atom. The van der Waals surface area contributed by atoms with Gasteiger partial charge in [-0.3, -0.25) is 4.79 Å². The Kier molecular flexibility index (Phi) is 5.48. The SMILES string of the molecule is COc1ccc(-c2nnc(CCC(=O)Nc3cccc(OC)c3)o2)cc1. The van der Waals surface area contributed by atoms with Gasteiger partial charge >= 0.3 is 0 Å². The minimum Gasteiger partial charge on any atom is -0.497 e. The van der Waals surface area contributed by atoms with E-state index in [1.807, 2.05) is 36.4 Å². The fraction of sp³-hybridized carbons (Fsp3) is 0.211. The molecule has 0 aliphatic rings. The van der Waals surface area contributed by atoms with Crippen LogP contribution in [0.25, 0.3) is 11.5 Å². The molecule has 0 aliphatic carbocycles. The minimum atomic E-state index is -0.137. The first-order valence-corrected chi connectivity index (χ1v) is 8.08. The van der Waals surface area contributed by atoms with Crippen LogP contribution in [0.5, 0.6) is 11.5 Å². The van der Waals surface area contributed by atoms with Gasteiger partial charge in [0.25, 0.3) is 0 Å². The van der Waals surface area contributed by atoms with Crippen LogP contribution in [0.1, 0.15) is 12.3 Å². The van der Waals surface area contributed by atoms with Crippen LogP contribution in [0.15, 0.2) is 52.9 Å². The zero-order valence-corrected chi connectivity index (χ0v) is 14.6. The van der Waals surface area contributed by atoms with Gasteiger partial charge in [-0.05, 0) is 36.4 Å². The molecule has 26 heavy (non-hydrogen) atoms. The molecule has 134 valence electrons. The van der Waals surface area contributed by atoms with Crippen molar-refractivity contribution in [2.45, 2.75) is 12.8 Å². The van der Waals surface area contributed by atoms with E-state index in [0.717, 1.165) is 11.3 Å². The summed E-state index contributed by atoms with van der Waals surface area (Å²) in [6, 6.07) is 14.5. The summed E-state index contributed by atoms with van der Waals surface area (Å²) >= 11 is 0. The number of hydrogen-bond donors (Lipinski definition) is 1. The Bertz CT molecular complexity index is 875. The highest BCUT2D eigenvalue weighted by atomic mass is 16.5. The lowest BCUT2D eigenvalue weighted by atomic mass is 10.2. The lowest BCUT2D eigenvalue weighted by Gasteiger charge is -2.06. The molecule has 0 fully saturated rings. The maximum absolute atomic E-state index is 12.1. The molecule has 1 amide bonds. The second kappa shape index (κ2) is 8.15. The van der Waals surface area contributed by atoms with Gasteiger partial charge in [0.05, 0.1) is 14.2 Å². The number of anilines is 1. The highest BCUT2D eigenvalue weighted by Crippen LogP contribution is 2.21. The summed E-state index contributed by atoms with van der Waals surface area (Å²) in [5, 5.41) is 10.8. The van der Waals surface area contributed by atoms with E-state index in [0.29, 0.717) is 29.6 Å². The van der Waals surface area contributed by atoms with E-state index < -0.39 is 0 Å². The lowest BCUT2D eigenvalue weighted by Crippen LogP contribution is -2.12. The van der Waals surface area contributed by atoms with Crippen molar-refractivity contribution in [3.63, 3.8) is 0 Å². The standard InChI is InChI=1S/C19H19N3O4/c1-24-15-8-6-13(7-9-15)19-22-21-18(26-19)11-10-17(23)20-14-4-3-5-16(12-14)25-2/h3-9,12H,10-11H2,1-2H3,(H,20,23). The van der Waals surface area contributed by atoms with E-state index in [4.69, 9.17) is 13.9 Å². The number of aryl methyl sites for hydroxylation is 1. The second-order valence-corrected chi connectivity index (χ2v) is 5.51. The molecule has 2 aromatic carbocycles. The van der Waals surface area contributed by atoms with Gasteiger partial charge in [-0.15, -0.1) is 10.2 Å². The van der Waals surface area contributed by atoms with Gasteiger partial charge in [-0.2, -0.15) is 0 Å². The molecule has 0 bridgehead atoms. The van der Waals surface area contributed by atoms with Crippen molar-refractivity contribution >= 4 is 11.6 Å². The number of methoxy groups -OCH3 is 2. The van der Waals surface area contributed by atoms with Gasteiger partial charge < -0.3 is 19.2 Å². The van der Waals surface area contributed by atoms with Crippen molar-refractivity contribution in [3.05, 3.63) is 54.4 Å². The van der Waals surface area contributed by atoms with Crippen molar-refractivity contribution in [3.8, 4) is 23.0 Å². The summed E-state index contributed by atoms with van der Waals surface area (Å²) in [5.41, 5.74) is 1.48. The molecular formula is C19H19N3O4. The van der Waals surface area contributed by atoms with Crippen LogP contribution < -0.4 is 14.8 Å². The van der Waals surface area contributed by atoms with Crippen molar-refractivity contribution in [2.24, 2.45) is 0 Å². The number of aromatic nitrogens is 2. The molecule has 1 heterocycles. The van der Waals surface area contributed by atoms with Crippen LogP contribution in [0, 0.1) is 0 Å². The Morgan fingerprint density at radius 3 is 2.54 bits per heavy atom. The van der Waals surface area contributed by atoms with E-state index in [1.54, 1.807) is 26.4 Å². The number of ether oxygens (including phenoxy) is 2. The number of carbonyl (C=O) groups excluding carboxylic acids is 1. The predicted molar refractivity (Wildman–Crippen MR) is 96.2 cm³/mol. The van der Waals surface area contributed by atoms with Crippen molar-refractivity contribution in [1.82, 2.24) is 10.2 Å². The molecule has 1 N–H and O–H groups in total. The molecule has 0 saturated carbocycles. The molecule has 7 nitrogen and oxygen atoms in total. The maximum atomic E-state index is 12.1. The van der Waals surface area contributed by atoms with E-state index >= 15 is 0 Å². The number of hydrogen-bond acceptors (Lipinski definition) is 6. The first-order chi connectivity index (χ1) is 12.7. The van der Waals surface area contributed by atoms with Gasteiger partial charge in [0.15, 0.2) is 0 Å². The normalized spacial score (nSPS) is 10.4. The highest BCUT2D eigenvalue weighted by Gasteiger charge is 2.11. The molecule has 0 radical (unpaired) electrons. The number of nitrogens with zero attached hydrogens (tertiary/aromatic N) is 2. The highest BCUT2D eigenvalue weighted by molar-refractivity contribution is 5.90. The molecule has 1 aromatic heterocycles. The van der Waals surface area contributed by atoms with Gasteiger partial charge in [0.1, 0.15) is 11.5 Å². The second-order valence-electron chi connectivity index (χ2n) is 5.51. The lowest BCUT2D eigenvalue weighted by molar-refractivity contribution is -0.116.